The number of fused-ring (bicyclic) bond motifs is 1. The van der Waals surface area contributed by atoms with Crippen LogP contribution < -0.4 is 0 Å². The molecule has 0 spiro atoms. The molecule has 0 atom stereocenters. The lowest BCUT2D eigenvalue weighted by atomic mass is 10.2. The Kier molecular flexibility index (Phi) is 2.29. The number of hydrogen-bond acceptors (Lipinski definition) is 3. The van der Waals surface area contributed by atoms with Crippen LogP contribution >= 0.6 is 0 Å². The standard InChI is InChI=1S/C14H11N3/c1-10-5-4-8-13(16-10)14-9-15-11-6-2-3-7-12(11)17-14/h2-9H,1H3. The molecule has 3 aromatic rings. The highest BCUT2D eigenvalue weighted by molar-refractivity contribution is 5.76. The molecule has 3 heteroatoms. The van der Waals surface area contributed by atoms with Crippen molar-refractivity contribution in [3.63, 3.8) is 0 Å². The summed E-state index contributed by atoms with van der Waals surface area (Å²) in [5.41, 5.74) is 4.46. The number of aromatic nitrogens is 3. The SMILES string of the molecule is Cc1cccc(-c2cnc3ccccc3n2)n1. The van der Waals surface area contributed by atoms with Gasteiger partial charge in [0, 0.05) is 5.69 Å². The van der Waals surface area contributed by atoms with E-state index in [1.807, 2.05) is 49.4 Å². The van der Waals surface area contributed by atoms with E-state index >= 15 is 0 Å². The molecule has 0 aliphatic rings. The van der Waals surface area contributed by atoms with E-state index < -0.39 is 0 Å². The summed E-state index contributed by atoms with van der Waals surface area (Å²) < 4.78 is 0. The van der Waals surface area contributed by atoms with Crippen LogP contribution in [-0.4, -0.2) is 15.0 Å². The van der Waals surface area contributed by atoms with Crippen LogP contribution in [0, 0.1) is 6.92 Å². The third kappa shape index (κ3) is 1.87. The van der Waals surface area contributed by atoms with Gasteiger partial charge >= 0.3 is 0 Å². The number of para-hydroxylation sites is 2. The number of hydrogen-bond donors (Lipinski definition) is 0. The molecule has 0 bridgehead atoms. The molecule has 0 radical (unpaired) electrons. The second-order valence-electron chi connectivity index (χ2n) is 3.91. The molecule has 82 valence electrons. The zero-order valence-electron chi connectivity index (χ0n) is 9.46. The van der Waals surface area contributed by atoms with Crippen molar-refractivity contribution in [3.05, 3.63) is 54.4 Å². The van der Waals surface area contributed by atoms with Gasteiger partial charge in [-0.15, -0.1) is 0 Å². The smallest absolute Gasteiger partial charge is 0.108 e. The minimum atomic E-state index is 0.812. The first-order chi connectivity index (χ1) is 8.33. The van der Waals surface area contributed by atoms with Crippen LogP contribution in [0.15, 0.2) is 48.7 Å². The molecule has 1 aromatic carbocycles. The molecule has 0 saturated carbocycles. The van der Waals surface area contributed by atoms with Crippen molar-refractivity contribution in [3.8, 4) is 11.4 Å². The summed E-state index contributed by atoms with van der Waals surface area (Å²) >= 11 is 0. The van der Waals surface area contributed by atoms with Gasteiger partial charge in [0.05, 0.1) is 22.9 Å². The van der Waals surface area contributed by atoms with Crippen molar-refractivity contribution in [1.82, 2.24) is 15.0 Å². The van der Waals surface area contributed by atoms with E-state index in [-0.39, 0.29) is 0 Å². The van der Waals surface area contributed by atoms with E-state index in [1.54, 1.807) is 6.20 Å². The van der Waals surface area contributed by atoms with Gasteiger partial charge in [0.25, 0.3) is 0 Å². The monoisotopic (exact) mass is 221 g/mol. The lowest BCUT2D eigenvalue weighted by Gasteiger charge is -2.02. The molecule has 0 unspecified atom stereocenters. The average Bonchev–Trinajstić information content (AvgIpc) is 2.38. The third-order valence-corrected chi connectivity index (χ3v) is 2.60. The minimum absolute atomic E-state index is 0.812. The molecule has 17 heavy (non-hydrogen) atoms. The largest absolute Gasteiger partial charge is 0.252 e. The molecule has 0 amide bonds. The first-order valence-electron chi connectivity index (χ1n) is 5.49. The topological polar surface area (TPSA) is 38.7 Å². The molecule has 0 N–H and O–H groups in total. The van der Waals surface area contributed by atoms with E-state index in [9.17, 15) is 0 Å². The molecule has 0 aliphatic carbocycles. The van der Waals surface area contributed by atoms with Gasteiger partial charge in [0.2, 0.25) is 0 Å². The second-order valence-corrected chi connectivity index (χ2v) is 3.91. The number of aryl methyl sites for hydroxylation is 1. The fourth-order valence-corrected chi connectivity index (χ4v) is 1.77. The first-order valence-corrected chi connectivity index (χ1v) is 5.49. The fourth-order valence-electron chi connectivity index (χ4n) is 1.77. The summed E-state index contributed by atoms with van der Waals surface area (Å²) in [6.07, 6.45) is 1.77. The molecule has 0 saturated heterocycles. The Morgan fingerprint density at radius 3 is 2.41 bits per heavy atom. The zero-order valence-corrected chi connectivity index (χ0v) is 9.46. The van der Waals surface area contributed by atoms with Gasteiger partial charge in [-0.25, -0.2) is 4.98 Å². The van der Waals surface area contributed by atoms with Gasteiger partial charge in [-0.2, -0.15) is 0 Å². The molecule has 0 fully saturated rings. The predicted octanol–water partition coefficient (Wildman–Crippen LogP) is 3.00. The summed E-state index contributed by atoms with van der Waals surface area (Å²) in [7, 11) is 0. The molecule has 3 nitrogen and oxygen atoms in total. The molecule has 3 rings (SSSR count). The van der Waals surface area contributed by atoms with E-state index in [1.165, 1.54) is 0 Å². The summed E-state index contributed by atoms with van der Waals surface area (Å²) in [6, 6.07) is 13.7. The molecule has 2 aromatic heterocycles. The third-order valence-electron chi connectivity index (χ3n) is 2.60. The maximum atomic E-state index is 4.56. The normalized spacial score (nSPS) is 10.6. The predicted molar refractivity (Wildman–Crippen MR) is 67.5 cm³/mol. The van der Waals surface area contributed by atoms with Gasteiger partial charge in [-0.1, -0.05) is 18.2 Å². The lowest BCUT2D eigenvalue weighted by Crippen LogP contribution is -1.91. The Balaban J connectivity index is 2.18. The van der Waals surface area contributed by atoms with Crippen LogP contribution in [0.25, 0.3) is 22.4 Å². The van der Waals surface area contributed by atoms with Crippen LogP contribution in [0.2, 0.25) is 0 Å². The number of nitrogens with zero attached hydrogens (tertiary/aromatic N) is 3. The van der Waals surface area contributed by atoms with Crippen LogP contribution in [0.3, 0.4) is 0 Å². The van der Waals surface area contributed by atoms with Crippen molar-refractivity contribution in [1.29, 1.82) is 0 Å². The Morgan fingerprint density at radius 2 is 1.59 bits per heavy atom. The summed E-state index contributed by atoms with van der Waals surface area (Å²) in [5, 5.41) is 0. The Morgan fingerprint density at radius 1 is 0.765 bits per heavy atom. The van der Waals surface area contributed by atoms with Crippen molar-refractivity contribution in [2.45, 2.75) is 6.92 Å². The molecular weight excluding hydrogens is 210 g/mol. The number of rotatable bonds is 1. The van der Waals surface area contributed by atoms with Crippen LogP contribution in [0.5, 0.6) is 0 Å². The van der Waals surface area contributed by atoms with Gasteiger partial charge in [-0.3, -0.25) is 9.97 Å². The van der Waals surface area contributed by atoms with Crippen molar-refractivity contribution < 1.29 is 0 Å². The number of pyridine rings is 1. The highest BCUT2D eigenvalue weighted by Gasteiger charge is 2.03. The highest BCUT2D eigenvalue weighted by Crippen LogP contribution is 2.17. The average molecular weight is 221 g/mol. The van der Waals surface area contributed by atoms with Gasteiger partial charge in [0.15, 0.2) is 0 Å². The van der Waals surface area contributed by atoms with Gasteiger partial charge in [-0.05, 0) is 31.2 Å². The number of benzene rings is 1. The second kappa shape index (κ2) is 3.94. The summed E-state index contributed by atoms with van der Waals surface area (Å²) in [6.45, 7) is 1.97. The van der Waals surface area contributed by atoms with Gasteiger partial charge in [0.1, 0.15) is 5.69 Å². The van der Waals surface area contributed by atoms with Gasteiger partial charge < -0.3 is 0 Å². The fraction of sp³-hybridized carbons (Fsp3) is 0.0714. The first kappa shape index (κ1) is 9.90. The molecule has 2 heterocycles. The zero-order chi connectivity index (χ0) is 11.7. The van der Waals surface area contributed by atoms with Crippen LogP contribution in [-0.2, 0) is 0 Å². The molecular formula is C14H11N3. The Labute approximate surface area is 99.2 Å². The quantitative estimate of drug-likeness (QED) is 0.634. The van der Waals surface area contributed by atoms with Crippen molar-refractivity contribution in [2.24, 2.45) is 0 Å². The van der Waals surface area contributed by atoms with Crippen LogP contribution in [0.1, 0.15) is 5.69 Å². The van der Waals surface area contributed by atoms with E-state index in [0.29, 0.717) is 0 Å². The van der Waals surface area contributed by atoms with Crippen molar-refractivity contribution in [2.75, 3.05) is 0 Å². The minimum Gasteiger partial charge on any atom is -0.252 e. The summed E-state index contributed by atoms with van der Waals surface area (Å²) in [5.74, 6) is 0. The highest BCUT2D eigenvalue weighted by atomic mass is 14.8. The van der Waals surface area contributed by atoms with E-state index in [4.69, 9.17) is 0 Å². The van der Waals surface area contributed by atoms with E-state index in [2.05, 4.69) is 15.0 Å². The van der Waals surface area contributed by atoms with Crippen molar-refractivity contribution >= 4 is 11.0 Å². The Bertz CT molecular complexity index is 677. The Hall–Kier alpha value is -2.29. The molecule has 0 aliphatic heterocycles. The van der Waals surface area contributed by atoms with Crippen LogP contribution in [0.4, 0.5) is 0 Å². The van der Waals surface area contributed by atoms with E-state index in [0.717, 1.165) is 28.1 Å². The lowest BCUT2D eigenvalue weighted by molar-refractivity contribution is 1.17. The maximum Gasteiger partial charge on any atom is 0.108 e. The summed E-state index contributed by atoms with van der Waals surface area (Å²) in [4.78, 5) is 13.4. The maximum absolute atomic E-state index is 4.56.